The van der Waals surface area contributed by atoms with Crippen molar-refractivity contribution >= 4 is 50.3 Å². The third-order valence-corrected chi connectivity index (χ3v) is 10.1. The molecule has 4 aromatic rings. The molecule has 3 aliphatic rings. The molecule has 0 fully saturated rings. The topological polar surface area (TPSA) is 16.4 Å². The Labute approximate surface area is 238 Å². The van der Waals surface area contributed by atoms with Crippen LogP contribution >= 0.6 is 23.1 Å². The van der Waals surface area contributed by atoms with E-state index in [-0.39, 0.29) is 0 Å². The second kappa shape index (κ2) is 10.2. The summed E-state index contributed by atoms with van der Waals surface area (Å²) in [6.45, 7) is 6.36. The molecule has 7 rings (SSSR count). The summed E-state index contributed by atoms with van der Waals surface area (Å²) in [5.41, 5.74) is 7.84. The highest BCUT2D eigenvalue weighted by Crippen LogP contribution is 2.49. The number of hydrogen-bond donors (Lipinski definition) is 0. The Kier molecular flexibility index (Phi) is 6.42. The number of rotatable bonds is 5. The lowest BCUT2D eigenvalue weighted by Gasteiger charge is -2.28. The monoisotopic (exact) mass is 547 g/mol. The van der Waals surface area contributed by atoms with Crippen LogP contribution in [0.1, 0.15) is 43.7 Å². The van der Waals surface area contributed by atoms with E-state index in [4.69, 9.17) is 4.74 Å². The molecule has 0 unspecified atom stereocenters. The highest BCUT2D eigenvalue weighted by atomic mass is 32.2. The van der Waals surface area contributed by atoms with Gasteiger partial charge in [-0.3, -0.25) is 0 Å². The van der Waals surface area contributed by atoms with Crippen molar-refractivity contribution in [1.82, 2.24) is 0 Å². The van der Waals surface area contributed by atoms with Crippen LogP contribution < -0.4 is 9.47 Å². The average molecular weight is 548 g/mol. The second-order valence-electron chi connectivity index (χ2n) is 9.98. The first-order chi connectivity index (χ1) is 19.2. The molecule has 0 amide bonds. The number of nitrogens with zero attached hydrogens (tertiary/aromatic N) is 2. The molecule has 1 aromatic heterocycles. The molecule has 0 N–H and O–H groups in total. The molecule has 3 nitrogen and oxygen atoms in total. The minimum absolute atomic E-state index is 0.923. The van der Waals surface area contributed by atoms with Gasteiger partial charge in [0.15, 0.2) is 0 Å². The zero-order valence-electron chi connectivity index (χ0n) is 22.3. The van der Waals surface area contributed by atoms with Gasteiger partial charge in [-0.2, -0.15) is 4.57 Å². The average Bonchev–Trinajstić information content (AvgIpc) is 3.54. The Bertz CT molecular complexity index is 1710. The van der Waals surface area contributed by atoms with Gasteiger partial charge in [-0.15, -0.1) is 0 Å². The van der Waals surface area contributed by atoms with Crippen molar-refractivity contribution in [2.24, 2.45) is 0 Å². The van der Waals surface area contributed by atoms with Crippen LogP contribution in [0.3, 0.4) is 0 Å². The third kappa shape index (κ3) is 4.25. The van der Waals surface area contributed by atoms with E-state index in [2.05, 4.69) is 114 Å². The van der Waals surface area contributed by atoms with Gasteiger partial charge in [0, 0.05) is 40.3 Å². The van der Waals surface area contributed by atoms with Gasteiger partial charge in [-0.25, -0.2) is 0 Å². The van der Waals surface area contributed by atoms with Gasteiger partial charge in [0.25, 0.3) is 5.01 Å². The summed E-state index contributed by atoms with van der Waals surface area (Å²) in [5.74, 6) is 1.91. The highest BCUT2D eigenvalue weighted by molar-refractivity contribution is 8.03. The molecule has 0 radical (unpaired) electrons. The molecule has 5 heteroatoms. The van der Waals surface area contributed by atoms with Gasteiger partial charge in [-0.05, 0) is 63.0 Å². The maximum atomic E-state index is 6.78. The molecule has 3 heterocycles. The standard InChI is InChI=1S/C34H31N2OS2/c1-3-35-27-17-8-10-19-31(27)38-33(35)22-30-24-15-12-16-25(26(24)21-29(37-30)23-13-6-5-7-14-23)34-36(4-2)28-18-9-11-20-32(28)39-34/h5-11,13-14,17-22H,3-4,12,15-16H2,1-2H3/q+1. The first-order valence-electron chi connectivity index (χ1n) is 13.8. The largest absolute Gasteiger partial charge is 0.456 e. The summed E-state index contributed by atoms with van der Waals surface area (Å²) in [6, 6.07) is 28.0. The Morgan fingerprint density at radius 1 is 0.897 bits per heavy atom. The molecule has 194 valence electrons. The smallest absolute Gasteiger partial charge is 0.266 e. The summed E-state index contributed by atoms with van der Waals surface area (Å²) in [4.78, 5) is 3.71. The molecule has 0 atom stereocenters. The van der Waals surface area contributed by atoms with Gasteiger partial charge < -0.3 is 9.64 Å². The van der Waals surface area contributed by atoms with Crippen LogP contribution in [0.5, 0.6) is 0 Å². The van der Waals surface area contributed by atoms with E-state index in [0.717, 1.165) is 49.4 Å². The lowest BCUT2D eigenvalue weighted by molar-refractivity contribution is -0.665. The molecule has 1 aliphatic carbocycles. The Morgan fingerprint density at radius 3 is 2.51 bits per heavy atom. The molecule has 0 saturated carbocycles. The fourth-order valence-electron chi connectivity index (χ4n) is 5.92. The number of para-hydroxylation sites is 2. The quantitative estimate of drug-likeness (QED) is 0.232. The van der Waals surface area contributed by atoms with E-state index < -0.39 is 0 Å². The lowest BCUT2D eigenvalue weighted by Crippen LogP contribution is -2.35. The van der Waals surface area contributed by atoms with Crippen molar-refractivity contribution in [3.05, 3.63) is 124 Å². The minimum atomic E-state index is 0.923. The summed E-state index contributed by atoms with van der Waals surface area (Å²) >= 11 is 3.76. The molecule has 0 bridgehead atoms. The van der Waals surface area contributed by atoms with Crippen molar-refractivity contribution in [2.75, 3.05) is 11.4 Å². The van der Waals surface area contributed by atoms with Gasteiger partial charge >= 0.3 is 0 Å². The van der Waals surface area contributed by atoms with Gasteiger partial charge in [0.1, 0.15) is 22.8 Å². The number of aryl methyl sites for hydroxylation is 1. The first kappa shape index (κ1) is 24.5. The van der Waals surface area contributed by atoms with E-state index in [9.17, 15) is 0 Å². The number of fused-ring (bicyclic) bond motifs is 3. The van der Waals surface area contributed by atoms with Crippen molar-refractivity contribution in [1.29, 1.82) is 0 Å². The Hall–Kier alpha value is -3.54. The predicted molar refractivity (Wildman–Crippen MR) is 164 cm³/mol. The molecular formula is C34H31N2OS2+. The van der Waals surface area contributed by atoms with Crippen LogP contribution in [0.15, 0.2) is 118 Å². The molecular weight excluding hydrogens is 517 g/mol. The molecule has 3 aromatic carbocycles. The third-order valence-electron chi connectivity index (χ3n) is 7.74. The molecule has 0 saturated heterocycles. The number of thioether (sulfide) groups is 1. The Morgan fingerprint density at radius 2 is 1.67 bits per heavy atom. The zero-order chi connectivity index (χ0) is 26.3. The van der Waals surface area contributed by atoms with Crippen molar-refractivity contribution in [3.8, 4) is 0 Å². The number of aromatic nitrogens is 1. The van der Waals surface area contributed by atoms with Crippen LogP contribution in [0.25, 0.3) is 21.5 Å². The van der Waals surface area contributed by atoms with E-state index in [0.29, 0.717) is 0 Å². The highest BCUT2D eigenvalue weighted by Gasteiger charge is 2.33. The summed E-state index contributed by atoms with van der Waals surface area (Å²) in [7, 11) is 0. The van der Waals surface area contributed by atoms with Crippen LogP contribution in [0.2, 0.25) is 0 Å². The summed E-state index contributed by atoms with van der Waals surface area (Å²) < 4.78 is 10.6. The van der Waals surface area contributed by atoms with Crippen LogP contribution in [0, 0.1) is 0 Å². The first-order valence-corrected chi connectivity index (χ1v) is 15.5. The maximum absolute atomic E-state index is 6.78. The summed E-state index contributed by atoms with van der Waals surface area (Å²) in [6.07, 6.45) is 7.83. The second-order valence-corrected chi connectivity index (χ2v) is 12.1. The van der Waals surface area contributed by atoms with Crippen LogP contribution in [0.4, 0.5) is 5.69 Å². The maximum Gasteiger partial charge on any atom is 0.266 e. The van der Waals surface area contributed by atoms with Gasteiger partial charge in [0.05, 0.1) is 10.7 Å². The van der Waals surface area contributed by atoms with Crippen molar-refractivity contribution in [2.45, 2.75) is 44.6 Å². The van der Waals surface area contributed by atoms with Gasteiger partial charge in [0.2, 0.25) is 5.52 Å². The minimum Gasteiger partial charge on any atom is -0.456 e. The van der Waals surface area contributed by atoms with E-state index in [1.54, 1.807) is 0 Å². The van der Waals surface area contributed by atoms with E-state index in [1.165, 1.54) is 47.6 Å². The number of thiazole rings is 1. The fourth-order valence-corrected chi connectivity index (χ4v) is 8.39. The fraction of sp³-hybridized carbons (Fsp3) is 0.206. The Balaban J connectivity index is 1.43. The van der Waals surface area contributed by atoms with Gasteiger partial charge in [-0.1, -0.05) is 77.7 Å². The van der Waals surface area contributed by atoms with E-state index >= 15 is 0 Å². The van der Waals surface area contributed by atoms with E-state index in [1.807, 2.05) is 23.1 Å². The zero-order valence-corrected chi connectivity index (χ0v) is 23.9. The number of allylic oxidation sites excluding steroid dienone is 5. The van der Waals surface area contributed by atoms with Crippen molar-refractivity contribution < 1.29 is 9.30 Å². The van der Waals surface area contributed by atoms with Crippen LogP contribution in [-0.4, -0.2) is 6.54 Å². The lowest BCUT2D eigenvalue weighted by atomic mass is 9.84. The molecule has 2 aliphatic heterocycles. The SMILES string of the molecule is CCN1/C(=C/C2=C3CCCC(c4sc5ccccc5[n+]4CC)=C3C=C(c3ccccc3)O2)Sc2ccccc21. The molecule has 39 heavy (non-hydrogen) atoms. The predicted octanol–water partition coefficient (Wildman–Crippen LogP) is 8.95. The number of anilines is 1. The summed E-state index contributed by atoms with van der Waals surface area (Å²) in [5, 5.41) is 2.61. The molecule has 0 spiro atoms. The number of benzene rings is 3. The normalized spacial score (nSPS) is 17.9. The number of hydrogen-bond acceptors (Lipinski definition) is 4. The number of ether oxygens (including phenoxy) is 1. The van der Waals surface area contributed by atoms with Crippen molar-refractivity contribution in [3.63, 3.8) is 0 Å². The van der Waals surface area contributed by atoms with Crippen LogP contribution in [-0.2, 0) is 11.3 Å².